The van der Waals surface area contributed by atoms with Crippen molar-refractivity contribution in [3.8, 4) is 0 Å². The van der Waals surface area contributed by atoms with Gasteiger partial charge in [0.2, 0.25) is 0 Å². The summed E-state index contributed by atoms with van der Waals surface area (Å²) in [7, 11) is 0. The van der Waals surface area contributed by atoms with Gasteiger partial charge in [-0.2, -0.15) is 0 Å². The lowest BCUT2D eigenvalue weighted by Gasteiger charge is -2.30. The second kappa shape index (κ2) is 4.61. The zero-order valence-corrected chi connectivity index (χ0v) is 8.90. The molecular formula is C12H14FNO2. The van der Waals surface area contributed by atoms with Gasteiger partial charge < -0.3 is 10.0 Å². The number of carbonyl (C=O) groups excluding carboxylic acids is 1. The van der Waals surface area contributed by atoms with Crippen LogP contribution in [0.3, 0.4) is 0 Å². The van der Waals surface area contributed by atoms with E-state index in [1.165, 1.54) is 17.0 Å². The predicted molar refractivity (Wildman–Crippen MR) is 57.5 cm³/mol. The SMILES string of the molecule is O=C(c1ccccc1F)N1CCCC(O)C1. The smallest absolute Gasteiger partial charge is 0.256 e. The van der Waals surface area contributed by atoms with Crippen LogP contribution in [-0.2, 0) is 0 Å². The van der Waals surface area contributed by atoms with Crippen LogP contribution in [0.15, 0.2) is 24.3 Å². The summed E-state index contributed by atoms with van der Waals surface area (Å²) in [6, 6.07) is 5.93. The molecule has 1 unspecified atom stereocenters. The number of aliphatic hydroxyl groups is 1. The van der Waals surface area contributed by atoms with E-state index in [0.717, 1.165) is 6.42 Å². The minimum Gasteiger partial charge on any atom is -0.391 e. The van der Waals surface area contributed by atoms with Gasteiger partial charge in [-0.15, -0.1) is 0 Å². The van der Waals surface area contributed by atoms with E-state index in [1.807, 2.05) is 0 Å². The lowest BCUT2D eigenvalue weighted by atomic mass is 10.1. The van der Waals surface area contributed by atoms with E-state index in [4.69, 9.17) is 0 Å². The molecule has 0 saturated carbocycles. The Morgan fingerprint density at radius 2 is 2.19 bits per heavy atom. The number of piperidine rings is 1. The molecule has 0 spiro atoms. The molecule has 1 amide bonds. The fourth-order valence-corrected chi connectivity index (χ4v) is 1.94. The van der Waals surface area contributed by atoms with E-state index >= 15 is 0 Å². The molecule has 4 heteroatoms. The first-order valence-electron chi connectivity index (χ1n) is 5.40. The highest BCUT2D eigenvalue weighted by Gasteiger charge is 2.24. The van der Waals surface area contributed by atoms with E-state index in [9.17, 15) is 14.3 Å². The van der Waals surface area contributed by atoms with Gasteiger partial charge in [-0.05, 0) is 25.0 Å². The molecular weight excluding hydrogens is 209 g/mol. The number of rotatable bonds is 1. The second-order valence-corrected chi connectivity index (χ2v) is 4.03. The Balaban J connectivity index is 2.16. The Hall–Kier alpha value is -1.42. The Morgan fingerprint density at radius 3 is 2.88 bits per heavy atom. The number of carbonyl (C=O) groups is 1. The summed E-state index contributed by atoms with van der Waals surface area (Å²) >= 11 is 0. The highest BCUT2D eigenvalue weighted by Crippen LogP contribution is 2.15. The van der Waals surface area contributed by atoms with Gasteiger partial charge in [0, 0.05) is 13.1 Å². The number of benzene rings is 1. The van der Waals surface area contributed by atoms with E-state index < -0.39 is 11.9 Å². The maximum absolute atomic E-state index is 13.4. The van der Waals surface area contributed by atoms with Crippen molar-refractivity contribution < 1.29 is 14.3 Å². The van der Waals surface area contributed by atoms with Crippen LogP contribution >= 0.6 is 0 Å². The molecule has 0 aliphatic carbocycles. The van der Waals surface area contributed by atoms with Crippen LogP contribution in [0.25, 0.3) is 0 Å². The first-order valence-corrected chi connectivity index (χ1v) is 5.40. The van der Waals surface area contributed by atoms with Crippen LogP contribution in [0, 0.1) is 5.82 Å². The number of hydrogen-bond donors (Lipinski definition) is 1. The third-order valence-corrected chi connectivity index (χ3v) is 2.79. The lowest BCUT2D eigenvalue weighted by Crippen LogP contribution is -2.42. The average Bonchev–Trinajstić information content (AvgIpc) is 2.29. The minimum atomic E-state index is -0.507. The summed E-state index contributed by atoms with van der Waals surface area (Å²) in [5, 5.41) is 9.46. The number of amides is 1. The standard InChI is InChI=1S/C12H14FNO2/c13-11-6-2-1-5-10(11)12(16)14-7-3-4-9(15)8-14/h1-2,5-6,9,15H,3-4,7-8H2. The molecule has 3 nitrogen and oxygen atoms in total. The van der Waals surface area contributed by atoms with Crippen LogP contribution in [0.4, 0.5) is 4.39 Å². The molecule has 1 heterocycles. The van der Waals surface area contributed by atoms with Gasteiger partial charge in [0.1, 0.15) is 5.82 Å². The molecule has 1 aliphatic rings. The van der Waals surface area contributed by atoms with Crippen molar-refractivity contribution in [3.05, 3.63) is 35.6 Å². The van der Waals surface area contributed by atoms with Gasteiger partial charge in [-0.1, -0.05) is 12.1 Å². The Bertz CT molecular complexity index is 394. The highest BCUT2D eigenvalue weighted by molar-refractivity contribution is 5.94. The van der Waals surface area contributed by atoms with Gasteiger partial charge in [0.05, 0.1) is 11.7 Å². The van der Waals surface area contributed by atoms with Crippen molar-refractivity contribution >= 4 is 5.91 Å². The fraction of sp³-hybridized carbons (Fsp3) is 0.417. The van der Waals surface area contributed by atoms with E-state index in [2.05, 4.69) is 0 Å². The summed E-state index contributed by atoms with van der Waals surface area (Å²) in [4.78, 5) is 13.4. The summed E-state index contributed by atoms with van der Waals surface area (Å²) in [6.07, 6.45) is 0.993. The van der Waals surface area contributed by atoms with Gasteiger partial charge >= 0.3 is 0 Å². The molecule has 16 heavy (non-hydrogen) atoms. The number of aliphatic hydroxyl groups excluding tert-OH is 1. The highest BCUT2D eigenvalue weighted by atomic mass is 19.1. The Kier molecular flexibility index (Phi) is 3.19. The maximum Gasteiger partial charge on any atom is 0.256 e. The van der Waals surface area contributed by atoms with Crippen molar-refractivity contribution in [1.29, 1.82) is 0 Å². The Morgan fingerprint density at radius 1 is 1.44 bits per heavy atom. The normalized spacial score (nSPS) is 20.9. The fourth-order valence-electron chi connectivity index (χ4n) is 1.94. The lowest BCUT2D eigenvalue weighted by molar-refractivity contribution is 0.0470. The van der Waals surface area contributed by atoms with Crippen LogP contribution < -0.4 is 0 Å². The zero-order valence-electron chi connectivity index (χ0n) is 8.90. The molecule has 86 valence electrons. The topological polar surface area (TPSA) is 40.5 Å². The molecule has 1 aliphatic heterocycles. The monoisotopic (exact) mass is 223 g/mol. The molecule has 0 bridgehead atoms. The molecule has 1 fully saturated rings. The number of hydrogen-bond acceptors (Lipinski definition) is 2. The van der Waals surface area contributed by atoms with Crippen LogP contribution in [-0.4, -0.2) is 35.1 Å². The first kappa shape index (κ1) is 11.1. The largest absolute Gasteiger partial charge is 0.391 e. The summed E-state index contributed by atoms with van der Waals surface area (Å²) in [5.74, 6) is -0.843. The zero-order chi connectivity index (χ0) is 11.5. The average molecular weight is 223 g/mol. The van der Waals surface area contributed by atoms with E-state index in [-0.39, 0.29) is 11.5 Å². The predicted octanol–water partition coefficient (Wildman–Crippen LogP) is 1.42. The van der Waals surface area contributed by atoms with Gasteiger partial charge in [-0.25, -0.2) is 4.39 Å². The van der Waals surface area contributed by atoms with Crippen LogP contribution in [0.5, 0.6) is 0 Å². The molecule has 0 radical (unpaired) electrons. The third kappa shape index (κ3) is 2.22. The molecule has 1 saturated heterocycles. The maximum atomic E-state index is 13.4. The first-order chi connectivity index (χ1) is 7.68. The molecule has 1 N–H and O–H groups in total. The quantitative estimate of drug-likeness (QED) is 0.782. The van der Waals surface area contributed by atoms with Crippen molar-refractivity contribution in [1.82, 2.24) is 4.90 Å². The van der Waals surface area contributed by atoms with Crippen LogP contribution in [0.1, 0.15) is 23.2 Å². The molecule has 1 aromatic rings. The van der Waals surface area contributed by atoms with E-state index in [1.54, 1.807) is 12.1 Å². The van der Waals surface area contributed by atoms with Crippen molar-refractivity contribution in [2.45, 2.75) is 18.9 Å². The number of β-amino-alcohol motifs (C(OH)–C–C–N with tert-alkyl or cyclic N) is 1. The summed E-state index contributed by atoms with van der Waals surface area (Å²) in [6.45, 7) is 0.886. The second-order valence-electron chi connectivity index (χ2n) is 4.03. The molecule has 0 aromatic heterocycles. The van der Waals surface area contributed by atoms with Crippen molar-refractivity contribution in [3.63, 3.8) is 0 Å². The third-order valence-electron chi connectivity index (χ3n) is 2.79. The molecule has 1 aromatic carbocycles. The minimum absolute atomic E-state index is 0.0802. The Labute approximate surface area is 93.5 Å². The summed E-state index contributed by atoms with van der Waals surface area (Å²) in [5.41, 5.74) is 0.0802. The van der Waals surface area contributed by atoms with Crippen molar-refractivity contribution in [2.24, 2.45) is 0 Å². The number of halogens is 1. The molecule has 2 rings (SSSR count). The summed E-state index contributed by atoms with van der Waals surface area (Å²) < 4.78 is 13.4. The van der Waals surface area contributed by atoms with Gasteiger partial charge in [-0.3, -0.25) is 4.79 Å². The van der Waals surface area contributed by atoms with Crippen LogP contribution in [0.2, 0.25) is 0 Å². The van der Waals surface area contributed by atoms with Crippen molar-refractivity contribution in [2.75, 3.05) is 13.1 Å². The number of likely N-dealkylation sites (tertiary alicyclic amines) is 1. The number of nitrogens with zero attached hydrogens (tertiary/aromatic N) is 1. The van der Waals surface area contributed by atoms with Gasteiger partial charge in [0.15, 0.2) is 0 Å². The molecule has 1 atom stereocenters. The van der Waals surface area contributed by atoms with E-state index in [0.29, 0.717) is 19.5 Å². The van der Waals surface area contributed by atoms with Gasteiger partial charge in [0.25, 0.3) is 5.91 Å².